The smallest absolute Gasteiger partial charge is 0.235 e. The Morgan fingerprint density at radius 1 is 1.16 bits per heavy atom. The fraction of sp³-hybridized carbons (Fsp3) is 0.625. The quantitative estimate of drug-likeness (QED) is 0.562. The van der Waals surface area contributed by atoms with E-state index in [-0.39, 0.29) is 35.1 Å². The molecule has 9 heteroatoms. The van der Waals surface area contributed by atoms with Crippen LogP contribution in [-0.2, 0) is 14.4 Å². The summed E-state index contributed by atoms with van der Waals surface area (Å²) in [5.41, 5.74) is 0. The van der Waals surface area contributed by atoms with Crippen molar-refractivity contribution in [3.8, 4) is 0 Å². The lowest BCUT2D eigenvalue weighted by atomic mass is 10.1. The van der Waals surface area contributed by atoms with Crippen LogP contribution >= 0.6 is 11.8 Å². The highest BCUT2D eigenvalue weighted by Crippen LogP contribution is 2.24. The van der Waals surface area contributed by atoms with E-state index in [0.717, 1.165) is 25.7 Å². The largest absolute Gasteiger partial charge is 0.360 e. The minimum atomic E-state index is -0.241. The number of anilines is 1. The normalized spacial score (nSPS) is 14.3. The molecule has 3 amide bonds. The highest BCUT2D eigenvalue weighted by atomic mass is 32.2. The molecular formula is C16H24N4O4S. The van der Waals surface area contributed by atoms with Gasteiger partial charge in [-0.2, -0.15) is 0 Å². The number of amides is 3. The van der Waals surface area contributed by atoms with Gasteiger partial charge in [-0.3, -0.25) is 14.4 Å². The molecule has 0 radical (unpaired) electrons. The van der Waals surface area contributed by atoms with Gasteiger partial charge < -0.3 is 20.5 Å². The van der Waals surface area contributed by atoms with Gasteiger partial charge in [0, 0.05) is 25.1 Å². The van der Waals surface area contributed by atoms with Gasteiger partial charge >= 0.3 is 0 Å². The Kier molecular flexibility index (Phi) is 7.77. The standard InChI is InChI=1S/C16H24N4O4S/c1-11-8-13(20-24-11)19-15(22)10-25-9-14(21)17-6-7-18-16(23)12-4-2-3-5-12/h8,12H,2-7,9-10H2,1H3,(H,17,21)(H,18,23)(H,19,20,22). The van der Waals surface area contributed by atoms with E-state index < -0.39 is 0 Å². The second-order valence-corrected chi connectivity index (χ2v) is 6.97. The number of rotatable bonds is 9. The topological polar surface area (TPSA) is 113 Å². The average molecular weight is 368 g/mol. The van der Waals surface area contributed by atoms with Crippen LogP contribution in [0.25, 0.3) is 0 Å². The first-order chi connectivity index (χ1) is 12.0. The molecular weight excluding hydrogens is 344 g/mol. The van der Waals surface area contributed by atoms with Crippen LogP contribution in [0.1, 0.15) is 31.4 Å². The highest BCUT2D eigenvalue weighted by molar-refractivity contribution is 8.00. The van der Waals surface area contributed by atoms with Crippen molar-refractivity contribution >= 4 is 35.3 Å². The molecule has 0 spiro atoms. The Hall–Kier alpha value is -2.03. The lowest BCUT2D eigenvalue weighted by Crippen LogP contribution is -2.37. The molecule has 0 bridgehead atoms. The average Bonchev–Trinajstić information content (AvgIpc) is 3.23. The third-order valence-corrected chi connectivity index (χ3v) is 4.77. The minimum absolute atomic E-state index is 0.0842. The van der Waals surface area contributed by atoms with Crippen molar-refractivity contribution in [1.82, 2.24) is 15.8 Å². The van der Waals surface area contributed by atoms with E-state index >= 15 is 0 Å². The number of nitrogens with one attached hydrogen (secondary N) is 3. The molecule has 0 atom stereocenters. The van der Waals surface area contributed by atoms with E-state index in [0.29, 0.717) is 24.7 Å². The van der Waals surface area contributed by atoms with Crippen molar-refractivity contribution in [1.29, 1.82) is 0 Å². The number of carbonyl (C=O) groups is 3. The molecule has 25 heavy (non-hydrogen) atoms. The number of aromatic nitrogens is 1. The third-order valence-electron chi connectivity index (χ3n) is 3.83. The van der Waals surface area contributed by atoms with E-state index in [2.05, 4.69) is 21.1 Å². The van der Waals surface area contributed by atoms with Crippen molar-refractivity contribution in [2.75, 3.05) is 29.9 Å². The monoisotopic (exact) mass is 368 g/mol. The Morgan fingerprint density at radius 2 is 1.84 bits per heavy atom. The lowest BCUT2D eigenvalue weighted by Gasteiger charge is -2.10. The van der Waals surface area contributed by atoms with Crippen LogP contribution in [0, 0.1) is 12.8 Å². The molecule has 138 valence electrons. The molecule has 0 unspecified atom stereocenters. The SMILES string of the molecule is Cc1cc(NC(=O)CSCC(=O)NCCNC(=O)C2CCCC2)no1. The van der Waals surface area contributed by atoms with Crippen LogP contribution in [-0.4, -0.2) is 47.5 Å². The first-order valence-corrected chi connectivity index (χ1v) is 9.55. The summed E-state index contributed by atoms with van der Waals surface area (Å²) in [5, 5.41) is 11.8. The van der Waals surface area contributed by atoms with E-state index in [4.69, 9.17) is 4.52 Å². The van der Waals surface area contributed by atoms with Gasteiger partial charge in [-0.1, -0.05) is 18.0 Å². The van der Waals surface area contributed by atoms with Gasteiger partial charge in [-0.15, -0.1) is 11.8 Å². The second kappa shape index (κ2) is 10.1. The molecule has 1 heterocycles. The van der Waals surface area contributed by atoms with Crippen molar-refractivity contribution in [3.05, 3.63) is 11.8 Å². The van der Waals surface area contributed by atoms with Crippen molar-refractivity contribution < 1.29 is 18.9 Å². The molecule has 0 aliphatic heterocycles. The molecule has 8 nitrogen and oxygen atoms in total. The molecule has 0 aromatic carbocycles. The van der Waals surface area contributed by atoms with Crippen molar-refractivity contribution in [2.24, 2.45) is 5.92 Å². The van der Waals surface area contributed by atoms with Crippen LogP contribution in [0.15, 0.2) is 10.6 Å². The van der Waals surface area contributed by atoms with Gasteiger partial charge in [0.1, 0.15) is 5.76 Å². The van der Waals surface area contributed by atoms with E-state index in [1.54, 1.807) is 13.0 Å². The van der Waals surface area contributed by atoms with E-state index in [9.17, 15) is 14.4 Å². The van der Waals surface area contributed by atoms with Gasteiger partial charge in [0.15, 0.2) is 5.82 Å². The minimum Gasteiger partial charge on any atom is -0.360 e. The first-order valence-electron chi connectivity index (χ1n) is 8.40. The number of thioether (sulfide) groups is 1. The van der Waals surface area contributed by atoms with Crippen LogP contribution in [0.3, 0.4) is 0 Å². The van der Waals surface area contributed by atoms with Gasteiger partial charge in [-0.05, 0) is 19.8 Å². The van der Waals surface area contributed by atoms with E-state index in [1.165, 1.54) is 11.8 Å². The van der Waals surface area contributed by atoms with Gasteiger partial charge in [0.25, 0.3) is 0 Å². The second-order valence-electron chi connectivity index (χ2n) is 5.99. The predicted molar refractivity (Wildman–Crippen MR) is 95.2 cm³/mol. The van der Waals surface area contributed by atoms with Crippen LogP contribution in [0.2, 0.25) is 0 Å². The van der Waals surface area contributed by atoms with Gasteiger partial charge in [0.05, 0.1) is 11.5 Å². The number of carbonyl (C=O) groups excluding carboxylic acids is 3. The molecule has 0 saturated heterocycles. The number of aryl methyl sites for hydroxylation is 1. The zero-order valence-electron chi connectivity index (χ0n) is 14.3. The van der Waals surface area contributed by atoms with E-state index in [1.807, 2.05) is 0 Å². The molecule has 1 aliphatic carbocycles. The highest BCUT2D eigenvalue weighted by Gasteiger charge is 2.21. The Morgan fingerprint density at radius 3 is 2.52 bits per heavy atom. The van der Waals surface area contributed by atoms with Crippen molar-refractivity contribution in [2.45, 2.75) is 32.6 Å². The van der Waals surface area contributed by atoms with Crippen LogP contribution in [0.5, 0.6) is 0 Å². The zero-order valence-corrected chi connectivity index (χ0v) is 15.1. The number of hydrogen-bond donors (Lipinski definition) is 3. The van der Waals surface area contributed by atoms with Crippen LogP contribution in [0.4, 0.5) is 5.82 Å². The number of nitrogens with zero attached hydrogens (tertiary/aromatic N) is 1. The Balaban J connectivity index is 1.49. The molecule has 1 aliphatic rings. The summed E-state index contributed by atoms with van der Waals surface area (Å²) in [6.07, 6.45) is 4.17. The lowest BCUT2D eigenvalue weighted by molar-refractivity contribution is -0.125. The summed E-state index contributed by atoms with van der Waals surface area (Å²) in [6.45, 7) is 2.55. The molecule has 1 fully saturated rings. The van der Waals surface area contributed by atoms with Gasteiger partial charge in [-0.25, -0.2) is 0 Å². The fourth-order valence-electron chi connectivity index (χ4n) is 2.61. The summed E-state index contributed by atoms with van der Waals surface area (Å²) in [7, 11) is 0. The fourth-order valence-corrected chi connectivity index (χ4v) is 3.26. The molecule has 1 saturated carbocycles. The summed E-state index contributed by atoms with van der Waals surface area (Å²) in [5.74, 6) is 1.13. The molecule has 1 aromatic heterocycles. The van der Waals surface area contributed by atoms with Crippen LogP contribution < -0.4 is 16.0 Å². The van der Waals surface area contributed by atoms with Crippen molar-refractivity contribution in [3.63, 3.8) is 0 Å². The first kappa shape index (κ1) is 19.3. The maximum Gasteiger partial charge on any atom is 0.235 e. The van der Waals surface area contributed by atoms with Gasteiger partial charge in [0.2, 0.25) is 17.7 Å². The maximum absolute atomic E-state index is 11.8. The zero-order chi connectivity index (χ0) is 18.1. The molecule has 1 aromatic rings. The third kappa shape index (κ3) is 7.16. The summed E-state index contributed by atoms with van der Waals surface area (Å²) in [6, 6.07) is 1.62. The Bertz CT molecular complexity index is 599. The number of hydrogen-bond acceptors (Lipinski definition) is 6. The summed E-state index contributed by atoms with van der Waals surface area (Å²) in [4.78, 5) is 35.2. The molecule has 2 rings (SSSR count). The summed E-state index contributed by atoms with van der Waals surface area (Å²) >= 11 is 1.21. The predicted octanol–water partition coefficient (Wildman–Crippen LogP) is 1.08. The molecule has 3 N–H and O–H groups in total. The summed E-state index contributed by atoms with van der Waals surface area (Å²) < 4.78 is 4.85. The maximum atomic E-state index is 11.8. The Labute approximate surface area is 150 Å².